The van der Waals surface area contributed by atoms with E-state index in [1.54, 1.807) is 17.0 Å². The van der Waals surface area contributed by atoms with Crippen LogP contribution in [0.15, 0.2) is 47.5 Å². The molecule has 1 aromatic carbocycles. The number of rotatable bonds is 3. The number of urea groups is 1. The average Bonchev–Trinajstić information content (AvgIpc) is 3.02. The third kappa shape index (κ3) is 3.29. The van der Waals surface area contributed by atoms with E-state index < -0.39 is 10.0 Å². The van der Waals surface area contributed by atoms with Crippen LogP contribution >= 0.6 is 0 Å². The number of nitrogens with zero attached hydrogens (tertiary/aromatic N) is 2. The molecule has 0 fully saturated rings. The minimum Gasteiger partial charge on any atom is -0.348 e. The Balaban J connectivity index is 1.66. The number of primary sulfonamides is 1. The smallest absolute Gasteiger partial charge is 0.318 e. The van der Waals surface area contributed by atoms with Crippen molar-refractivity contribution in [2.75, 3.05) is 6.54 Å². The van der Waals surface area contributed by atoms with Gasteiger partial charge in [0.1, 0.15) is 0 Å². The lowest BCUT2D eigenvalue weighted by molar-refractivity contribution is 0.162. The number of hydrogen-bond donors (Lipinski definition) is 2. The fraction of sp³-hybridized carbons (Fsp3) is 0.312. The van der Waals surface area contributed by atoms with E-state index in [2.05, 4.69) is 9.88 Å². The molecule has 1 aliphatic heterocycles. The van der Waals surface area contributed by atoms with Gasteiger partial charge in [0.25, 0.3) is 0 Å². The molecule has 2 aromatic rings. The zero-order valence-electron chi connectivity index (χ0n) is 13.3. The van der Waals surface area contributed by atoms with E-state index >= 15 is 0 Å². The van der Waals surface area contributed by atoms with Gasteiger partial charge in [0.05, 0.1) is 10.9 Å². The van der Waals surface area contributed by atoms with E-state index in [0.29, 0.717) is 12.1 Å². The molecule has 2 amide bonds. The van der Waals surface area contributed by atoms with Gasteiger partial charge in [-0.2, -0.15) is 0 Å². The van der Waals surface area contributed by atoms with Crippen LogP contribution in [0.1, 0.15) is 24.2 Å². The number of fused-ring (bicyclic) bond motifs is 1. The van der Waals surface area contributed by atoms with Crippen molar-refractivity contribution in [2.45, 2.75) is 31.0 Å². The van der Waals surface area contributed by atoms with Gasteiger partial charge in [0.2, 0.25) is 10.0 Å². The van der Waals surface area contributed by atoms with Gasteiger partial charge in [-0.05, 0) is 36.8 Å². The van der Waals surface area contributed by atoms with Crippen LogP contribution in [-0.4, -0.2) is 30.5 Å². The zero-order valence-corrected chi connectivity index (χ0v) is 14.2. The summed E-state index contributed by atoms with van der Waals surface area (Å²) in [6, 6.07) is 10.1. The van der Waals surface area contributed by atoms with Gasteiger partial charge in [0, 0.05) is 31.5 Å². The maximum Gasteiger partial charge on any atom is 0.318 e. The number of sulfonamides is 1. The quantitative estimate of drug-likeness (QED) is 0.878. The summed E-state index contributed by atoms with van der Waals surface area (Å²) in [6.07, 6.45) is 2.01. The molecule has 8 heteroatoms. The molecule has 3 rings (SSSR count). The van der Waals surface area contributed by atoms with Gasteiger partial charge < -0.3 is 14.8 Å². The number of amides is 2. The number of benzene rings is 1. The highest BCUT2D eigenvalue weighted by atomic mass is 32.2. The molecule has 0 aliphatic carbocycles. The van der Waals surface area contributed by atoms with Crippen molar-refractivity contribution in [3.63, 3.8) is 0 Å². The number of carbonyl (C=O) groups excluding carboxylic acids is 1. The van der Waals surface area contributed by atoms with E-state index in [9.17, 15) is 13.2 Å². The Labute approximate surface area is 141 Å². The van der Waals surface area contributed by atoms with Crippen LogP contribution in [0.4, 0.5) is 4.79 Å². The molecule has 0 radical (unpaired) electrons. The van der Waals surface area contributed by atoms with Gasteiger partial charge in [0.15, 0.2) is 0 Å². The maximum absolute atomic E-state index is 12.5. The Morgan fingerprint density at radius 1 is 1.29 bits per heavy atom. The first-order chi connectivity index (χ1) is 11.4. The fourth-order valence-electron chi connectivity index (χ4n) is 2.97. The van der Waals surface area contributed by atoms with E-state index in [-0.39, 0.29) is 23.5 Å². The highest BCUT2D eigenvalue weighted by Gasteiger charge is 2.27. The Bertz CT molecular complexity index is 860. The second-order valence-electron chi connectivity index (χ2n) is 5.85. The summed E-state index contributed by atoms with van der Waals surface area (Å²) in [5.41, 5.74) is 1.79. The molecule has 3 N–H and O–H groups in total. The first-order valence-electron chi connectivity index (χ1n) is 7.67. The van der Waals surface area contributed by atoms with Gasteiger partial charge in [-0.1, -0.05) is 12.1 Å². The monoisotopic (exact) mass is 348 g/mol. The zero-order chi connectivity index (χ0) is 17.3. The third-order valence-corrected chi connectivity index (χ3v) is 5.18. The maximum atomic E-state index is 12.5. The lowest BCUT2D eigenvalue weighted by Crippen LogP contribution is -2.45. The van der Waals surface area contributed by atoms with Crippen LogP contribution in [-0.2, 0) is 23.1 Å². The summed E-state index contributed by atoms with van der Waals surface area (Å²) in [6.45, 7) is 3.63. The Kier molecular flexibility index (Phi) is 4.33. The molecule has 7 nitrogen and oxygen atoms in total. The second-order valence-corrected chi connectivity index (χ2v) is 7.41. The van der Waals surface area contributed by atoms with E-state index in [0.717, 1.165) is 12.2 Å². The molecule has 2 heterocycles. The molecular weight excluding hydrogens is 328 g/mol. The van der Waals surface area contributed by atoms with Gasteiger partial charge in [-0.15, -0.1) is 0 Å². The Morgan fingerprint density at radius 3 is 2.83 bits per heavy atom. The standard InChI is InChI=1S/C16H20N4O3S/c1-12-15-6-3-7-19(15)8-9-20(12)16(21)18-11-13-4-2-5-14(10-13)24(17,22)23/h2-7,10,12H,8-9,11H2,1H3,(H,18,21)(H2,17,22,23). The largest absolute Gasteiger partial charge is 0.348 e. The lowest BCUT2D eigenvalue weighted by Gasteiger charge is -2.34. The first-order valence-corrected chi connectivity index (χ1v) is 9.22. The van der Waals surface area contributed by atoms with Crippen LogP contribution < -0.4 is 10.5 Å². The Morgan fingerprint density at radius 2 is 2.08 bits per heavy atom. The fourth-order valence-corrected chi connectivity index (χ4v) is 3.55. The molecule has 1 unspecified atom stereocenters. The summed E-state index contributed by atoms with van der Waals surface area (Å²) in [5, 5.41) is 7.97. The van der Waals surface area contributed by atoms with Gasteiger partial charge in [-0.3, -0.25) is 0 Å². The van der Waals surface area contributed by atoms with Crippen LogP contribution in [0.25, 0.3) is 0 Å². The SMILES string of the molecule is CC1c2cccn2CCN1C(=O)NCc1cccc(S(N)(=O)=O)c1. The summed E-state index contributed by atoms with van der Waals surface area (Å²) in [7, 11) is -3.75. The number of aromatic nitrogens is 1. The molecule has 24 heavy (non-hydrogen) atoms. The van der Waals surface area contributed by atoms with Crippen LogP contribution in [0.5, 0.6) is 0 Å². The van der Waals surface area contributed by atoms with E-state index in [1.165, 1.54) is 12.1 Å². The Hall–Kier alpha value is -2.32. The van der Waals surface area contributed by atoms with Crippen molar-refractivity contribution in [1.29, 1.82) is 0 Å². The molecule has 0 saturated carbocycles. The van der Waals surface area contributed by atoms with E-state index in [4.69, 9.17) is 5.14 Å². The van der Waals surface area contributed by atoms with Crippen LogP contribution in [0.3, 0.4) is 0 Å². The van der Waals surface area contributed by atoms with Crippen molar-refractivity contribution in [3.05, 3.63) is 53.9 Å². The summed E-state index contributed by atoms with van der Waals surface area (Å²) in [5.74, 6) is 0. The lowest BCUT2D eigenvalue weighted by atomic mass is 10.1. The van der Waals surface area contributed by atoms with Crippen LogP contribution in [0, 0.1) is 0 Å². The normalized spacial score (nSPS) is 17.4. The minimum absolute atomic E-state index is 0.00972. The summed E-state index contributed by atoms with van der Waals surface area (Å²) < 4.78 is 24.9. The molecule has 0 saturated heterocycles. The van der Waals surface area contributed by atoms with Crippen LogP contribution in [0.2, 0.25) is 0 Å². The summed E-state index contributed by atoms with van der Waals surface area (Å²) >= 11 is 0. The molecule has 0 spiro atoms. The highest BCUT2D eigenvalue weighted by Crippen LogP contribution is 2.25. The number of carbonyl (C=O) groups is 1. The number of hydrogen-bond acceptors (Lipinski definition) is 3. The van der Waals surface area contributed by atoms with Crippen molar-refractivity contribution in [1.82, 2.24) is 14.8 Å². The molecule has 128 valence electrons. The minimum atomic E-state index is -3.75. The molecular formula is C16H20N4O3S. The first kappa shape index (κ1) is 16.5. The predicted molar refractivity (Wildman–Crippen MR) is 89.6 cm³/mol. The highest BCUT2D eigenvalue weighted by molar-refractivity contribution is 7.89. The second kappa shape index (κ2) is 6.29. The van der Waals surface area contributed by atoms with Crippen molar-refractivity contribution < 1.29 is 13.2 Å². The van der Waals surface area contributed by atoms with Gasteiger partial charge >= 0.3 is 6.03 Å². The van der Waals surface area contributed by atoms with Crippen molar-refractivity contribution in [2.24, 2.45) is 5.14 Å². The topological polar surface area (TPSA) is 97.4 Å². The number of nitrogens with two attached hydrogens (primary N) is 1. The average molecular weight is 348 g/mol. The van der Waals surface area contributed by atoms with Crippen molar-refractivity contribution in [3.8, 4) is 0 Å². The van der Waals surface area contributed by atoms with Gasteiger partial charge in [-0.25, -0.2) is 18.4 Å². The number of nitrogens with one attached hydrogen (secondary N) is 1. The van der Waals surface area contributed by atoms with Crippen molar-refractivity contribution >= 4 is 16.1 Å². The summed E-state index contributed by atoms with van der Waals surface area (Å²) in [4.78, 5) is 14.3. The third-order valence-electron chi connectivity index (χ3n) is 4.27. The predicted octanol–water partition coefficient (Wildman–Crippen LogP) is 1.42. The molecule has 0 bridgehead atoms. The van der Waals surface area contributed by atoms with E-state index in [1.807, 2.05) is 25.3 Å². The molecule has 1 aromatic heterocycles. The molecule has 1 atom stereocenters. The molecule has 1 aliphatic rings.